The van der Waals surface area contributed by atoms with Crippen molar-refractivity contribution in [1.82, 2.24) is 15.0 Å². The van der Waals surface area contributed by atoms with Crippen molar-refractivity contribution in [3.05, 3.63) is 35.7 Å². The van der Waals surface area contributed by atoms with Gasteiger partial charge in [-0.05, 0) is 26.2 Å². The second-order valence-corrected chi connectivity index (χ2v) is 6.52. The summed E-state index contributed by atoms with van der Waals surface area (Å²) in [5, 5.41) is 4.11. The molecule has 1 atom stereocenters. The molecule has 128 valence electrons. The van der Waals surface area contributed by atoms with Crippen LogP contribution in [0.3, 0.4) is 0 Å². The third-order valence-electron chi connectivity index (χ3n) is 4.60. The fourth-order valence-electron chi connectivity index (χ4n) is 3.18. The molecule has 1 aromatic carbocycles. The summed E-state index contributed by atoms with van der Waals surface area (Å²) in [5.74, 6) is 1.36. The fourth-order valence-corrected chi connectivity index (χ4v) is 3.18. The molecular weight excluding hydrogens is 302 g/mol. The normalized spacial score (nSPS) is 17.4. The molecular formula is C19H25N3O2. The Bertz CT molecular complexity index is 678. The number of unbranched alkanes of at least 4 members (excludes halogenated alkanes) is 2. The molecule has 1 aromatic heterocycles. The first-order valence-corrected chi connectivity index (χ1v) is 8.89. The molecule has 1 aliphatic rings. The van der Waals surface area contributed by atoms with Crippen molar-refractivity contribution in [3.8, 4) is 11.4 Å². The highest BCUT2D eigenvalue weighted by molar-refractivity contribution is 5.76. The van der Waals surface area contributed by atoms with E-state index in [1.807, 2.05) is 36.1 Å². The van der Waals surface area contributed by atoms with Crippen LogP contribution in [-0.2, 0) is 4.79 Å². The largest absolute Gasteiger partial charge is 0.337 e. The van der Waals surface area contributed by atoms with Gasteiger partial charge in [-0.2, -0.15) is 4.98 Å². The Labute approximate surface area is 143 Å². The van der Waals surface area contributed by atoms with Crippen molar-refractivity contribution in [2.24, 2.45) is 0 Å². The summed E-state index contributed by atoms with van der Waals surface area (Å²) in [6.07, 6.45) is 5.68. The lowest BCUT2D eigenvalue weighted by Crippen LogP contribution is -2.30. The number of carbonyl (C=O) groups is 1. The number of aromatic nitrogens is 2. The van der Waals surface area contributed by atoms with Crippen molar-refractivity contribution in [2.75, 3.05) is 6.54 Å². The Hall–Kier alpha value is -2.17. The quantitative estimate of drug-likeness (QED) is 0.743. The standard InChI is InChI=1S/C19H25N3O2/c1-3-4-5-8-17(23)22-13-6-7-16(22)19-20-18(21-24-19)15-11-9-14(2)10-12-15/h9-12,16H,3-8,13H2,1-2H3/t16-/m1/s1. The van der Waals surface area contributed by atoms with Gasteiger partial charge in [0.05, 0.1) is 0 Å². The maximum atomic E-state index is 12.5. The average molecular weight is 327 g/mol. The molecule has 0 bridgehead atoms. The predicted molar refractivity (Wildman–Crippen MR) is 92.3 cm³/mol. The van der Waals surface area contributed by atoms with E-state index in [1.165, 1.54) is 5.56 Å². The van der Waals surface area contributed by atoms with E-state index in [4.69, 9.17) is 4.52 Å². The minimum absolute atomic E-state index is 0.0641. The van der Waals surface area contributed by atoms with E-state index < -0.39 is 0 Å². The van der Waals surface area contributed by atoms with Gasteiger partial charge in [0.1, 0.15) is 6.04 Å². The zero-order chi connectivity index (χ0) is 16.9. The van der Waals surface area contributed by atoms with Crippen molar-refractivity contribution in [3.63, 3.8) is 0 Å². The monoisotopic (exact) mass is 327 g/mol. The summed E-state index contributed by atoms with van der Waals surface area (Å²) < 4.78 is 5.48. The van der Waals surface area contributed by atoms with Gasteiger partial charge in [-0.3, -0.25) is 4.79 Å². The summed E-state index contributed by atoms with van der Waals surface area (Å²) in [5.41, 5.74) is 2.14. The van der Waals surface area contributed by atoms with Crippen LogP contribution in [0, 0.1) is 6.92 Å². The molecule has 0 saturated carbocycles. The lowest BCUT2D eigenvalue weighted by molar-refractivity contribution is -0.132. The second kappa shape index (κ2) is 7.60. The van der Waals surface area contributed by atoms with Crippen molar-refractivity contribution in [1.29, 1.82) is 0 Å². The van der Waals surface area contributed by atoms with E-state index in [9.17, 15) is 4.79 Å². The van der Waals surface area contributed by atoms with Gasteiger partial charge in [0, 0.05) is 18.5 Å². The van der Waals surface area contributed by atoms with Crippen LogP contribution >= 0.6 is 0 Å². The van der Waals surface area contributed by atoms with E-state index in [2.05, 4.69) is 17.1 Å². The van der Waals surface area contributed by atoms with Crippen molar-refractivity contribution >= 4 is 5.91 Å². The Morgan fingerprint density at radius 2 is 2.08 bits per heavy atom. The zero-order valence-corrected chi connectivity index (χ0v) is 14.5. The molecule has 5 nitrogen and oxygen atoms in total. The molecule has 3 rings (SSSR count). The van der Waals surface area contributed by atoms with E-state index in [0.717, 1.165) is 44.2 Å². The second-order valence-electron chi connectivity index (χ2n) is 6.52. The molecule has 0 aliphatic carbocycles. The molecule has 1 fully saturated rings. The predicted octanol–water partition coefficient (Wildman–Crippen LogP) is 4.29. The third kappa shape index (κ3) is 3.66. The number of carbonyl (C=O) groups excluding carboxylic acids is 1. The number of hydrogen-bond acceptors (Lipinski definition) is 4. The first-order chi connectivity index (χ1) is 11.7. The van der Waals surface area contributed by atoms with E-state index >= 15 is 0 Å². The maximum Gasteiger partial charge on any atom is 0.249 e. The molecule has 1 amide bonds. The van der Waals surface area contributed by atoms with Crippen molar-refractivity contribution in [2.45, 2.75) is 58.4 Å². The average Bonchev–Trinajstić information content (AvgIpc) is 3.24. The lowest BCUT2D eigenvalue weighted by atomic mass is 10.1. The topological polar surface area (TPSA) is 59.2 Å². The van der Waals surface area contributed by atoms with Gasteiger partial charge < -0.3 is 9.42 Å². The molecule has 0 spiro atoms. The number of benzene rings is 1. The SMILES string of the molecule is CCCCCC(=O)N1CCC[C@@H]1c1nc(-c2ccc(C)cc2)no1. The molecule has 1 saturated heterocycles. The van der Waals surface area contributed by atoms with E-state index in [0.29, 0.717) is 18.1 Å². The number of rotatable bonds is 6. The number of amides is 1. The Morgan fingerprint density at radius 1 is 1.29 bits per heavy atom. The Balaban J connectivity index is 1.71. The van der Waals surface area contributed by atoms with Crippen LogP contribution in [0.25, 0.3) is 11.4 Å². The first-order valence-electron chi connectivity index (χ1n) is 8.89. The highest BCUT2D eigenvalue weighted by Crippen LogP contribution is 2.32. The Morgan fingerprint density at radius 3 is 2.83 bits per heavy atom. The maximum absolute atomic E-state index is 12.5. The molecule has 0 radical (unpaired) electrons. The molecule has 0 unspecified atom stereocenters. The van der Waals surface area contributed by atoms with Gasteiger partial charge >= 0.3 is 0 Å². The van der Waals surface area contributed by atoms with Crippen LogP contribution in [-0.4, -0.2) is 27.5 Å². The van der Waals surface area contributed by atoms with Gasteiger partial charge in [-0.1, -0.05) is 54.8 Å². The smallest absolute Gasteiger partial charge is 0.249 e. The fraction of sp³-hybridized carbons (Fsp3) is 0.526. The Kier molecular flexibility index (Phi) is 5.28. The van der Waals surface area contributed by atoms with Gasteiger partial charge in [0.15, 0.2) is 0 Å². The zero-order valence-electron chi connectivity index (χ0n) is 14.5. The first kappa shape index (κ1) is 16.7. The number of aryl methyl sites for hydroxylation is 1. The summed E-state index contributed by atoms with van der Waals surface area (Å²) in [6, 6.07) is 7.99. The molecule has 2 heterocycles. The summed E-state index contributed by atoms with van der Waals surface area (Å²) in [7, 11) is 0. The summed E-state index contributed by atoms with van der Waals surface area (Å²) in [6.45, 7) is 4.98. The highest BCUT2D eigenvalue weighted by atomic mass is 16.5. The van der Waals surface area contributed by atoms with Crippen LogP contribution in [0.15, 0.2) is 28.8 Å². The summed E-state index contributed by atoms with van der Waals surface area (Å²) >= 11 is 0. The lowest BCUT2D eigenvalue weighted by Gasteiger charge is -2.21. The van der Waals surface area contributed by atoms with E-state index in [1.54, 1.807) is 0 Å². The van der Waals surface area contributed by atoms with Gasteiger partial charge in [-0.25, -0.2) is 0 Å². The molecule has 24 heavy (non-hydrogen) atoms. The summed E-state index contributed by atoms with van der Waals surface area (Å²) in [4.78, 5) is 18.9. The van der Waals surface area contributed by atoms with Crippen LogP contribution in [0.4, 0.5) is 0 Å². The number of hydrogen-bond donors (Lipinski definition) is 0. The van der Waals surface area contributed by atoms with E-state index in [-0.39, 0.29) is 11.9 Å². The van der Waals surface area contributed by atoms with Gasteiger partial charge in [-0.15, -0.1) is 0 Å². The molecule has 0 N–H and O–H groups in total. The molecule has 5 heteroatoms. The van der Waals surface area contributed by atoms with Crippen LogP contribution in [0.1, 0.15) is 62.9 Å². The van der Waals surface area contributed by atoms with Gasteiger partial charge in [0.2, 0.25) is 17.6 Å². The minimum atomic E-state index is -0.0641. The van der Waals surface area contributed by atoms with Gasteiger partial charge in [0.25, 0.3) is 0 Å². The molecule has 1 aliphatic heterocycles. The van der Waals surface area contributed by atoms with Crippen LogP contribution in [0.2, 0.25) is 0 Å². The highest BCUT2D eigenvalue weighted by Gasteiger charge is 2.33. The van der Waals surface area contributed by atoms with Crippen LogP contribution < -0.4 is 0 Å². The van der Waals surface area contributed by atoms with Crippen LogP contribution in [0.5, 0.6) is 0 Å². The third-order valence-corrected chi connectivity index (χ3v) is 4.60. The number of likely N-dealkylation sites (tertiary alicyclic amines) is 1. The number of nitrogens with zero attached hydrogens (tertiary/aromatic N) is 3. The molecule has 2 aromatic rings. The van der Waals surface area contributed by atoms with Crippen molar-refractivity contribution < 1.29 is 9.32 Å². The minimum Gasteiger partial charge on any atom is -0.337 e.